The molecular formula is C11H24N2. The van der Waals surface area contributed by atoms with Crippen LogP contribution in [-0.4, -0.2) is 38.1 Å². The molecule has 13 heavy (non-hydrogen) atoms. The van der Waals surface area contributed by atoms with Gasteiger partial charge in [0.05, 0.1) is 0 Å². The van der Waals surface area contributed by atoms with E-state index in [1.807, 2.05) is 7.05 Å². The van der Waals surface area contributed by atoms with Crippen molar-refractivity contribution in [2.45, 2.75) is 32.6 Å². The predicted molar refractivity (Wildman–Crippen MR) is 58.0 cm³/mol. The van der Waals surface area contributed by atoms with E-state index in [0.29, 0.717) is 0 Å². The van der Waals surface area contributed by atoms with Crippen molar-refractivity contribution in [3.8, 4) is 0 Å². The van der Waals surface area contributed by atoms with Crippen LogP contribution in [0.15, 0.2) is 0 Å². The lowest BCUT2D eigenvalue weighted by Crippen LogP contribution is -2.35. The molecule has 78 valence electrons. The molecule has 0 saturated carbocycles. The summed E-state index contributed by atoms with van der Waals surface area (Å²) in [7, 11) is 2.03. The van der Waals surface area contributed by atoms with Crippen LogP contribution >= 0.6 is 0 Å². The van der Waals surface area contributed by atoms with E-state index in [2.05, 4.69) is 17.1 Å². The van der Waals surface area contributed by atoms with Crippen molar-refractivity contribution in [1.82, 2.24) is 10.2 Å². The highest BCUT2D eigenvalue weighted by molar-refractivity contribution is 4.71. The molecule has 0 unspecified atom stereocenters. The van der Waals surface area contributed by atoms with Crippen LogP contribution in [0.2, 0.25) is 0 Å². The molecule has 1 aliphatic heterocycles. The van der Waals surface area contributed by atoms with Crippen LogP contribution in [-0.2, 0) is 0 Å². The molecule has 0 amide bonds. The molecule has 1 fully saturated rings. The van der Waals surface area contributed by atoms with Gasteiger partial charge in [-0.05, 0) is 58.4 Å². The highest BCUT2D eigenvalue weighted by Gasteiger charge is 2.16. The molecule has 1 heterocycles. The van der Waals surface area contributed by atoms with Gasteiger partial charge >= 0.3 is 0 Å². The van der Waals surface area contributed by atoms with E-state index >= 15 is 0 Å². The van der Waals surface area contributed by atoms with Gasteiger partial charge in [0.25, 0.3) is 0 Å². The summed E-state index contributed by atoms with van der Waals surface area (Å²) in [6.45, 7) is 7.44. The number of nitrogens with one attached hydrogen (secondary N) is 1. The first kappa shape index (κ1) is 11.0. The topological polar surface area (TPSA) is 15.3 Å². The highest BCUT2D eigenvalue weighted by Crippen LogP contribution is 2.19. The largest absolute Gasteiger partial charge is 0.320 e. The van der Waals surface area contributed by atoms with Gasteiger partial charge in [-0.1, -0.05) is 13.3 Å². The molecule has 0 radical (unpaired) electrons. The summed E-state index contributed by atoms with van der Waals surface area (Å²) in [5.74, 6) is 1.01. The summed E-state index contributed by atoms with van der Waals surface area (Å²) in [5, 5.41) is 3.20. The Balaban J connectivity index is 2.03. The van der Waals surface area contributed by atoms with Crippen molar-refractivity contribution in [1.29, 1.82) is 0 Å². The van der Waals surface area contributed by atoms with E-state index < -0.39 is 0 Å². The normalized spacial score (nSPS) is 20.8. The molecule has 2 heteroatoms. The van der Waals surface area contributed by atoms with E-state index in [1.54, 1.807) is 0 Å². The lowest BCUT2D eigenvalue weighted by Gasteiger charge is -2.31. The Morgan fingerprint density at radius 2 is 2.00 bits per heavy atom. The van der Waals surface area contributed by atoms with Gasteiger partial charge < -0.3 is 10.2 Å². The minimum atomic E-state index is 1.01. The van der Waals surface area contributed by atoms with Gasteiger partial charge in [-0.25, -0.2) is 0 Å². The van der Waals surface area contributed by atoms with Crippen molar-refractivity contribution in [3.05, 3.63) is 0 Å². The van der Waals surface area contributed by atoms with Gasteiger partial charge in [-0.15, -0.1) is 0 Å². The van der Waals surface area contributed by atoms with Crippen LogP contribution in [0.1, 0.15) is 32.6 Å². The Hall–Kier alpha value is -0.0800. The van der Waals surface area contributed by atoms with Crippen LogP contribution in [0.3, 0.4) is 0 Å². The van der Waals surface area contributed by atoms with E-state index in [4.69, 9.17) is 0 Å². The highest BCUT2D eigenvalue weighted by atomic mass is 15.1. The smallest absolute Gasteiger partial charge is 0.000664 e. The number of nitrogens with zero attached hydrogens (tertiary/aromatic N) is 1. The van der Waals surface area contributed by atoms with Crippen LogP contribution in [0.4, 0.5) is 0 Å². The van der Waals surface area contributed by atoms with Crippen molar-refractivity contribution >= 4 is 0 Å². The average molecular weight is 184 g/mol. The minimum absolute atomic E-state index is 1.01. The lowest BCUT2D eigenvalue weighted by molar-refractivity contribution is 0.180. The Kier molecular flexibility index (Phi) is 5.40. The molecule has 1 N–H and O–H groups in total. The first-order chi connectivity index (χ1) is 6.36. The zero-order chi connectivity index (χ0) is 9.52. The lowest BCUT2D eigenvalue weighted by atomic mass is 9.94. The second-order valence-electron chi connectivity index (χ2n) is 4.15. The van der Waals surface area contributed by atoms with Gasteiger partial charge in [0, 0.05) is 0 Å². The Labute approximate surface area is 82.7 Å². The van der Waals surface area contributed by atoms with Gasteiger partial charge in [0.1, 0.15) is 0 Å². The van der Waals surface area contributed by atoms with Crippen molar-refractivity contribution in [2.24, 2.45) is 5.92 Å². The number of piperidine rings is 1. The number of likely N-dealkylation sites (tertiary alicyclic amines) is 1. The Bertz CT molecular complexity index is 115. The van der Waals surface area contributed by atoms with Gasteiger partial charge in [-0.3, -0.25) is 0 Å². The maximum atomic E-state index is 3.20. The van der Waals surface area contributed by atoms with Gasteiger partial charge in [0.15, 0.2) is 0 Å². The molecule has 0 bridgehead atoms. The fraction of sp³-hybridized carbons (Fsp3) is 1.00. The Morgan fingerprint density at radius 3 is 2.54 bits per heavy atom. The molecule has 0 aromatic carbocycles. The fourth-order valence-electron chi connectivity index (χ4n) is 2.10. The first-order valence-electron chi connectivity index (χ1n) is 5.73. The molecule has 0 aromatic rings. The zero-order valence-electron chi connectivity index (χ0n) is 9.18. The molecule has 1 aliphatic rings. The molecule has 1 rings (SSSR count). The van der Waals surface area contributed by atoms with E-state index in [1.165, 1.54) is 45.3 Å². The van der Waals surface area contributed by atoms with Gasteiger partial charge in [-0.2, -0.15) is 0 Å². The Morgan fingerprint density at radius 1 is 1.31 bits per heavy atom. The average Bonchev–Trinajstić information content (AvgIpc) is 2.19. The second-order valence-corrected chi connectivity index (χ2v) is 4.15. The molecule has 0 atom stereocenters. The monoisotopic (exact) mass is 184 g/mol. The number of hydrogen-bond donors (Lipinski definition) is 1. The third-order valence-electron chi connectivity index (χ3n) is 3.19. The number of hydrogen-bond acceptors (Lipinski definition) is 2. The molecule has 2 nitrogen and oxygen atoms in total. The predicted octanol–water partition coefficient (Wildman–Crippen LogP) is 1.72. The molecule has 1 saturated heterocycles. The maximum absolute atomic E-state index is 3.20. The molecule has 0 aliphatic carbocycles. The molecule has 0 aromatic heterocycles. The summed E-state index contributed by atoms with van der Waals surface area (Å²) >= 11 is 0. The van der Waals surface area contributed by atoms with Crippen LogP contribution < -0.4 is 5.32 Å². The minimum Gasteiger partial charge on any atom is -0.320 e. The summed E-state index contributed by atoms with van der Waals surface area (Å²) < 4.78 is 0. The van der Waals surface area contributed by atoms with Crippen molar-refractivity contribution in [3.63, 3.8) is 0 Å². The third kappa shape index (κ3) is 4.10. The summed E-state index contributed by atoms with van der Waals surface area (Å²) in [6, 6.07) is 0. The first-order valence-corrected chi connectivity index (χ1v) is 5.73. The maximum Gasteiger partial charge on any atom is -0.000664 e. The van der Waals surface area contributed by atoms with Crippen LogP contribution in [0.25, 0.3) is 0 Å². The fourth-order valence-corrected chi connectivity index (χ4v) is 2.10. The summed E-state index contributed by atoms with van der Waals surface area (Å²) in [6.07, 6.45) is 5.53. The standard InChI is InChI=1S/C11H24N2/c1-3-11-5-9-13(10-6-11)8-4-7-12-2/h11-12H,3-10H2,1-2H3. The van der Waals surface area contributed by atoms with Gasteiger partial charge in [0.2, 0.25) is 0 Å². The van der Waals surface area contributed by atoms with Crippen LogP contribution in [0.5, 0.6) is 0 Å². The summed E-state index contributed by atoms with van der Waals surface area (Å²) in [4.78, 5) is 2.61. The van der Waals surface area contributed by atoms with Crippen molar-refractivity contribution < 1.29 is 0 Å². The summed E-state index contributed by atoms with van der Waals surface area (Å²) in [5.41, 5.74) is 0. The van der Waals surface area contributed by atoms with E-state index in [0.717, 1.165) is 12.5 Å². The number of rotatable bonds is 5. The quantitative estimate of drug-likeness (QED) is 0.654. The molecular weight excluding hydrogens is 160 g/mol. The SMILES string of the molecule is CCC1CCN(CCCNC)CC1. The van der Waals surface area contributed by atoms with E-state index in [-0.39, 0.29) is 0 Å². The zero-order valence-corrected chi connectivity index (χ0v) is 9.18. The molecule has 0 spiro atoms. The van der Waals surface area contributed by atoms with E-state index in [9.17, 15) is 0 Å². The van der Waals surface area contributed by atoms with Crippen LogP contribution in [0, 0.1) is 5.92 Å². The third-order valence-corrected chi connectivity index (χ3v) is 3.19. The second kappa shape index (κ2) is 6.39. The van der Waals surface area contributed by atoms with Crippen molar-refractivity contribution in [2.75, 3.05) is 33.2 Å².